The zero-order chi connectivity index (χ0) is 17.3. The number of H-pyrrole nitrogens is 1. The SMILES string of the molecule is CC(C)(C)c1cc(C(=O)N2CCNCC2c2cccc(F)c2)n[nH]1.Cl. The average Bonchev–Trinajstić information content (AvgIpc) is 3.04. The largest absolute Gasteiger partial charge is 0.328 e. The van der Waals surface area contributed by atoms with Crippen LogP contribution >= 0.6 is 12.4 Å². The highest BCUT2D eigenvalue weighted by Gasteiger charge is 2.30. The zero-order valence-corrected chi connectivity index (χ0v) is 15.5. The Morgan fingerprint density at radius 3 is 2.72 bits per heavy atom. The van der Waals surface area contributed by atoms with E-state index >= 15 is 0 Å². The number of nitrogens with zero attached hydrogens (tertiary/aromatic N) is 2. The van der Waals surface area contributed by atoms with E-state index < -0.39 is 0 Å². The van der Waals surface area contributed by atoms with Crippen molar-refractivity contribution in [3.05, 3.63) is 53.1 Å². The predicted molar refractivity (Wildman–Crippen MR) is 97.6 cm³/mol. The highest BCUT2D eigenvalue weighted by molar-refractivity contribution is 5.92. The number of amides is 1. The zero-order valence-electron chi connectivity index (χ0n) is 14.7. The molecule has 0 spiro atoms. The second kappa shape index (κ2) is 7.54. The van der Waals surface area contributed by atoms with Crippen LogP contribution in [0.1, 0.15) is 48.6 Å². The molecule has 3 rings (SSSR count). The third kappa shape index (κ3) is 4.19. The van der Waals surface area contributed by atoms with Gasteiger partial charge in [-0.15, -0.1) is 12.4 Å². The van der Waals surface area contributed by atoms with E-state index in [1.54, 1.807) is 11.0 Å². The summed E-state index contributed by atoms with van der Waals surface area (Å²) < 4.78 is 13.6. The van der Waals surface area contributed by atoms with Gasteiger partial charge in [-0.1, -0.05) is 32.9 Å². The van der Waals surface area contributed by atoms with Crippen LogP contribution in [-0.2, 0) is 5.41 Å². The van der Waals surface area contributed by atoms with Gasteiger partial charge in [0.25, 0.3) is 5.91 Å². The molecule has 2 heterocycles. The molecule has 1 aromatic carbocycles. The molecule has 1 aliphatic heterocycles. The van der Waals surface area contributed by atoms with Crippen LogP contribution in [-0.4, -0.2) is 40.6 Å². The van der Waals surface area contributed by atoms with Gasteiger partial charge in [0, 0.05) is 30.7 Å². The summed E-state index contributed by atoms with van der Waals surface area (Å²) in [5.74, 6) is -0.419. The Hall–Kier alpha value is -1.92. The fourth-order valence-corrected chi connectivity index (χ4v) is 2.92. The smallest absolute Gasteiger partial charge is 0.274 e. The van der Waals surface area contributed by atoms with Crippen LogP contribution in [0.5, 0.6) is 0 Å². The van der Waals surface area contributed by atoms with E-state index in [4.69, 9.17) is 0 Å². The highest BCUT2D eigenvalue weighted by Crippen LogP contribution is 2.26. The molecule has 1 unspecified atom stereocenters. The molecule has 1 aliphatic rings. The minimum absolute atomic E-state index is 0. The molecular weight excluding hydrogens is 343 g/mol. The standard InChI is InChI=1S/C18H23FN4O.ClH/c1-18(2,3)16-10-14(21-22-16)17(24)23-8-7-20-11-15(23)12-5-4-6-13(19)9-12;/h4-6,9-10,15,20H,7-8,11H2,1-3H3,(H,21,22);1H. The summed E-state index contributed by atoms with van der Waals surface area (Å²) in [6.07, 6.45) is 0. The number of hydrogen-bond donors (Lipinski definition) is 2. The van der Waals surface area contributed by atoms with Crippen LogP contribution in [0.4, 0.5) is 4.39 Å². The molecule has 1 saturated heterocycles. The fourth-order valence-electron chi connectivity index (χ4n) is 2.92. The molecular formula is C18H24ClFN4O. The van der Waals surface area contributed by atoms with Crippen molar-refractivity contribution in [1.29, 1.82) is 0 Å². The topological polar surface area (TPSA) is 61.0 Å². The molecule has 5 nitrogen and oxygen atoms in total. The minimum Gasteiger partial charge on any atom is -0.328 e. The first kappa shape index (κ1) is 19.4. The second-order valence-corrected chi connectivity index (χ2v) is 7.19. The van der Waals surface area contributed by atoms with Gasteiger partial charge in [0.2, 0.25) is 0 Å². The van der Waals surface area contributed by atoms with Crippen LogP contribution in [0.3, 0.4) is 0 Å². The molecule has 1 fully saturated rings. The first-order valence-corrected chi connectivity index (χ1v) is 8.19. The Kier molecular flexibility index (Phi) is 5.85. The molecule has 0 saturated carbocycles. The summed E-state index contributed by atoms with van der Waals surface area (Å²) in [5, 5.41) is 10.4. The van der Waals surface area contributed by atoms with Gasteiger partial charge in [0.1, 0.15) is 11.5 Å². The van der Waals surface area contributed by atoms with Crippen molar-refractivity contribution in [2.24, 2.45) is 0 Å². The summed E-state index contributed by atoms with van der Waals surface area (Å²) >= 11 is 0. The molecule has 25 heavy (non-hydrogen) atoms. The fraction of sp³-hybridized carbons (Fsp3) is 0.444. The lowest BCUT2D eigenvalue weighted by Gasteiger charge is -2.36. The van der Waals surface area contributed by atoms with Gasteiger partial charge >= 0.3 is 0 Å². The van der Waals surface area contributed by atoms with Crippen molar-refractivity contribution >= 4 is 18.3 Å². The molecule has 0 aliphatic carbocycles. The summed E-state index contributed by atoms with van der Waals surface area (Å²) in [6.45, 7) is 8.08. The normalized spacial score (nSPS) is 17.9. The molecule has 1 aromatic heterocycles. The van der Waals surface area contributed by atoms with Crippen molar-refractivity contribution in [3.8, 4) is 0 Å². The van der Waals surface area contributed by atoms with E-state index in [0.29, 0.717) is 25.3 Å². The Balaban J connectivity index is 0.00000225. The molecule has 2 aromatic rings. The van der Waals surface area contributed by atoms with Crippen LogP contribution < -0.4 is 5.32 Å². The minimum atomic E-state index is -0.291. The van der Waals surface area contributed by atoms with E-state index in [1.807, 2.05) is 12.1 Å². The van der Waals surface area contributed by atoms with Crippen LogP contribution in [0.25, 0.3) is 0 Å². The lowest BCUT2D eigenvalue weighted by atomic mass is 9.92. The lowest BCUT2D eigenvalue weighted by molar-refractivity contribution is 0.0628. The Labute approximate surface area is 153 Å². The van der Waals surface area contributed by atoms with Gasteiger partial charge in [-0.05, 0) is 23.8 Å². The quantitative estimate of drug-likeness (QED) is 0.858. The van der Waals surface area contributed by atoms with E-state index in [0.717, 1.165) is 11.3 Å². The van der Waals surface area contributed by atoms with Crippen molar-refractivity contribution in [1.82, 2.24) is 20.4 Å². The maximum Gasteiger partial charge on any atom is 0.274 e. The third-order valence-corrected chi connectivity index (χ3v) is 4.34. The van der Waals surface area contributed by atoms with Crippen LogP contribution in [0, 0.1) is 5.82 Å². The number of halogens is 2. The molecule has 1 atom stereocenters. The Bertz CT molecular complexity index is 741. The van der Waals surface area contributed by atoms with E-state index in [9.17, 15) is 9.18 Å². The summed E-state index contributed by atoms with van der Waals surface area (Å²) in [4.78, 5) is 14.7. The maximum atomic E-state index is 13.6. The van der Waals surface area contributed by atoms with Gasteiger partial charge in [-0.3, -0.25) is 9.89 Å². The van der Waals surface area contributed by atoms with Crippen molar-refractivity contribution < 1.29 is 9.18 Å². The van der Waals surface area contributed by atoms with Gasteiger partial charge in [0.15, 0.2) is 0 Å². The molecule has 136 valence electrons. The Morgan fingerprint density at radius 1 is 1.32 bits per heavy atom. The molecule has 7 heteroatoms. The molecule has 1 amide bonds. The van der Waals surface area contributed by atoms with Crippen molar-refractivity contribution in [2.75, 3.05) is 19.6 Å². The Morgan fingerprint density at radius 2 is 2.08 bits per heavy atom. The second-order valence-electron chi connectivity index (χ2n) is 7.19. The summed E-state index contributed by atoms with van der Waals surface area (Å²) in [6, 6.07) is 8.04. The van der Waals surface area contributed by atoms with Gasteiger partial charge < -0.3 is 10.2 Å². The van der Waals surface area contributed by atoms with Crippen molar-refractivity contribution in [3.63, 3.8) is 0 Å². The number of piperazine rings is 1. The number of carbonyl (C=O) groups excluding carboxylic acids is 1. The predicted octanol–water partition coefficient (Wildman–Crippen LogP) is 3.05. The number of benzene rings is 1. The van der Waals surface area contributed by atoms with E-state index in [-0.39, 0.29) is 35.6 Å². The monoisotopic (exact) mass is 366 g/mol. The number of nitrogens with one attached hydrogen (secondary N) is 2. The number of rotatable bonds is 2. The molecule has 0 radical (unpaired) electrons. The first-order chi connectivity index (χ1) is 11.4. The lowest BCUT2D eigenvalue weighted by Crippen LogP contribution is -2.48. The van der Waals surface area contributed by atoms with Crippen LogP contribution in [0.15, 0.2) is 30.3 Å². The summed E-state index contributed by atoms with van der Waals surface area (Å²) in [5.41, 5.74) is 2.02. The number of hydrogen-bond acceptors (Lipinski definition) is 3. The highest BCUT2D eigenvalue weighted by atomic mass is 35.5. The number of aromatic nitrogens is 2. The number of aromatic amines is 1. The number of carbonyl (C=O) groups is 1. The van der Waals surface area contributed by atoms with E-state index in [1.165, 1.54) is 12.1 Å². The van der Waals surface area contributed by atoms with Gasteiger partial charge in [-0.2, -0.15) is 5.10 Å². The van der Waals surface area contributed by atoms with Gasteiger partial charge in [0.05, 0.1) is 6.04 Å². The summed E-state index contributed by atoms with van der Waals surface area (Å²) in [7, 11) is 0. The maximum absolute atomic E-state index is 13.6. The van der Waals surface area contributed by atoms with Gasteiger partial charge in [-0.25, -0.2) is 4.39 Å². The van der Waals surface area contributed by atoms with Crippen molar-refractivity contribution in [2.45, 2.75) is 32.2 Å². The van der Waals surface area contributed by atoms with E-state index in [2.05, 4.69) is 36.3 Å². The van der Waals surface area contributed by atoms with Crippen LogP contribution in [0.2, 0.25) is 0 Å². The molecule has 0 bridgehead atoms. The first-order valence-electron chi connectivity index (χ1n) is 8.19. The average molecular weight is 367 g/mol. The molecule has 2 N–H and O–H groups in total. The third-order valence-electron chi connectivity index (χ3n) is 4.34.